The predicted octanol–water partition coefficient (Wildman–Crippen LogP) is 5.35. The molecule has 0 N–H and O–H groups in total. The fourth-order valence-corrected chi connectivity index (χ4v) is 5.50. The first-order valence-electron chi connectivity index (χ1n) is 10.8. The van der Waals surface area contributed by atoms with Crippen LogP contribution in [0.25, 0.3) is 0 Å². The van der Waals surface area contributed by atoms with Crippen LogP contribution in [0.5, 0.6) is 0 Å². The summed E-state index contributed by atoms with van der Waals surface area (Å²) in [6.07, 6.45) is 2.60. The van der Waals surface area contributed by atoms with Crippen molar-refractivity contribution < 1.29 is 19.1 Å². The maximum atomic E-state index is 13.2. The quantitative estimate of drug-likeness (QED) is 0.538. The van der Waals surface area contributed by atoms with E-state index in [-0.39, 0.29) is 23.1 Å². The van der Waals surface area contributed by atoms with Gasteiger partial charge in [-0.05, 0) is 81.2 Å². The Hall–Kier alpha value is -1.69. The zero-order chi connectivity index (χ0) is 22.3. The Morgan fingerprint density at radius 1 is 1.17 bits per heavy atom. The van der Waals surface area contributed by atoms with Gasteiger partial charge in [0.1, 0.15) is 23.1 Å². The number of hydrogen-bond acceptors (Lipinski definition) is 4. The fourth-order valence-electron chi connectivity index (χ4n) is 4.88. The van der Waals surface area contributed by atoms with Crippen LogP contribution in [0.2, 0.25) is 0 Å². The number of Topliss-reactive ketones (excluding diaryl/α,β-unsaturated/α-hetero) is 2. The molecule has 6 heteroatoms. The standard InChI is InChI=1S/C24H32BrNO4/c1-6-16-12-17(25)11-15(2)20(16)21-18(27)13-24(14-19(21)28)7-9-26(10-8-24)22(29)30-23(3,4)5/h11-12,21H,6-10,13-14H2,1-5H3. The molecule has 1 saturated heterocycles. The lowest BCUT2D eigenvalue weighted by Gasteiger charge is -2.44. The van der Waals surface area contributed by atoms with Gasteiger partial charge in [-0.1, -0.05) is 22.9 Å². The minimum absolute atomic E-state index is 0.0251. The zero-order valence-corrected chi connectivity index (χ0v) is 20.2. The van der Waals surface area contributed by atoms with Gasteiger partial charge < -0.3 is 9.64 Å². The molecule has 0 radical (unpaired) electrons. The molecule has 3 rings (SSSR count). The van der Waals surface area contributed by atoms with E-state index in [2.05, 4.69) is 22.9 Å². The third kappa shape index (κ3) is 4.79. The second-order valence-electron chi connectivity index (χ2n) is 9.84. The number of nitrogens with zero attached hydrogens (tertiary/aromatic N) is 1. The van der Waals surface area contributed by atoms with Crippen molar-refractivity contribution in [2.24, 2.45) is 5.41 Å². The molecule has 0 bridgehead atoms. The third-order valence-electron chi connectivity index (χ3n) is 6.33. The van der Waals surface area contributed by atoms with Gasteiger partial charge in [0.25, 0.3) is 0 Å². The van der Waals surface area contributed by atoms with Crippen molar-refractivity contribution in [3.05, 3.63) is 33.3 Å². The normalized spacial score (nSPS) is 20.0. The summed E-state index contributed by atoms with van der Waals surface area (Å²) in [5.41, 5.74) is 2.10. The average Bonchev–Trinajstić information content (AvgIpc) is 2.61. The summed E-state index contributed by atoms with van der Waals surface area (Å²) in [5.74, 6) is -0.600. The Bertz CT molecular complexity index is 843. The highest BCUT2D eigenvalue weighted by atomic mass is 79.9. The van der Waals surface area contributed by atoms with Gasteiger partial charge in [0, 0.05) is 30.4 Å². The summed E-state index contributed by atoms with van der Waals surface area (Å²) in [4.78, 5) is 40.6. The first-order valence-corrected chi connectivity index (χ1v) is 11.6. The molecular formula is C24H32BrNO4. The maximum Gasteiger partial charge on any atom is 0.410 e. The SMILES string of the molecule is CCc1cc(Br)cc(C)c1C1C(=O)CC2(CCN(C(=O)OC(C)(C)C)CC2)CC1=O. The molecule has 164 valence electrons. The minimum Gasteiger partial charge on any atom is -0.444 e. The molecule has 1 aromatic rings. The number of carbonyl (C=O) groups excluding carboxylic acids is 3. The molecule has 5 nitrogen and oxygen atoms in total. The van der Waals surface area contributed by atoms with E-state index < -0.39 is 11.5 Å². The van der Waals surface area contributed by atoms with Crippen LogP contribution in [0.15, 0.2) is 16.6 Å². The molecule has 0 unspecified atom stereocenters. The van der Waals surface area contributed by atoms with E-state index in [1.165, 1.54) is 0 Å². The van der Waals surface area contributed by atoms with Crippen molar-refractivity contribution in [1.29, 1.82) is 0 Å². The zero-order valence-electron chi connectivity index (χ0n) is 18.6. The van der Waals surface area contributed by atoms with Gasteiger partial charge in [-0.2, -0.15) is 0 Å². The Kier molecular flexibility index (Phi) is 6.47. The first kappa shape index (κ1) is 23.0. The van der Waals surface area contributed by atoms with Crippen LogP contribution in [-0.2, 0) is 20.7 Å². The van der Waals surface area contributed by atoms with E-state index in [1.807, 2.05) is 39.8 Å². The molecule has 30 heavy (non-hydrogen) atoms. The maximum absolute atomic E-state index is 13.2. The topological polar surface area (TPSA) is 63.7 Å². The van der Waals surface area contributed by atoms with Gasteiger partial charge in [0.05, 0.1) is 0 Å². The van der Waals surface area contributed by atoms with Gasteiger partial charge in [-0.15, -0.1) is 0 Å². The molecule has 1 heterocycles. The van der Waals surface area contributed by atoms with Crippen molar-refractivity contribution in [2.45, 2.75) is 78.2 Å². The number of hydrogen-bond donors (Lipinski definition) is 0. The van der Waals surface area contributed by atoms with Crippen LogP contribution >= 0.6 is 15.9 Å². The van der Waals surface area contributed by atoms with Crippen LogP contribution < -0.4 is 0 Å². The number of amides is 1. The van der Waals surface area contributed by atoms with E-state index in [0.717, 1.165) is 27.6 Å². The number of likely N-dealkylation sites (tertiary alicyclic amines) is 1. The van der Waals surface area contributed by atoms with Crippen molar-refractivity contribution in [3.63, 3.8) is 0 Å². The lowest BCUT2D eigenvalue weighted by molar-refractivity contribution is -0.138. The van der Waals surface area contributed by atoms with Crippen molar-refractivity contribution >= 4 is 33.6 Å². The van der Waals surface area contributed by atoms with Crippen LogP contribution in [0.1, 0.15) is 76.0 Å². The van der Waals surface area contributed by atoms with Crippen LogP contribution in [0.3, 0.4) is 0 Å². The van der Waals surface area contributed by atoms with Crippen LogP contribution in [0, 0.1) is 12.3 Å². The summed E-state index contributed by atoms with van der Waals surface area (Å²) in [6.45, 7) is 10.6. The van der Waals surface area contributed by atoms with Crippen LogP contribution in [0.4, 0.5) is 4.79 Å². The van der Waals surface area contributed by atoms with Gasteiger partial charge in [-0.3, -0.25) is 9.59 Å². The van der Waals surface area contributed by atoms with Crippen molar-refractivity contribution in [1.82, 2.24) is 4.90 Å². The Labute approximate surface area is 187 Å². The first-order chi connectivity index (χ1) is 13.9. The smallest absolute Gasteiger partial charge is 0.410 e. The van der Waals surface area contributed by atoms with E-state index in [1.54, 1.807) is 4.90 Å². The number of halogens is 1. The molecule has 2 aliphatic rings. The summed E-state index contributed by atoms with van der Waals surface area (Å²) in [7, 11) is 0. The number of piperidine rings is 1. The number of aryl methyl sites for hydroxylation is 2. The van der Waals surface area contributed by atoms with Crippen LogP contribution in [-0.4, -0.2) is 41.3 Å². The molecule has 0 aromatic heterocycles. The summed E-state index contributed by atoms with van der Waals surface area (Å²) in [6, 6.07) is 4.01. The monoisotopic (exact) mass is 477 g/mol. The predicted molar refractivity (Wildman–Crippen MR) is 120 cm³/mol. The van der Waals surface area contributed by atoms with Gasteiger partial charge >= 0.3 is 6.09 Å². The highest BCUT2D eigenvalue weighted by Crippen LogP contribution is 2.47. The summed E-state index contributed by atoms with van der Waals surface area (Å²) in [5, 5.41) is 0. The van der Waals surface area contributed by atoms with Crippen molar-refractivity contribution in [2.75, 3.05) is 13.1 Å². The summed E-state index contributed by atoms with van der Waals surface area (Å²) < 4.78 is 6.44. The lowest BCUT2D eigenvalue weighted by Crippen LogP contribution is -2.49. The van der Waals surface area contributed by atoms with E-state index >= 15 is 0 Å². The lowest BCUT2D eigenvalue weighted by atomic mass is 9.62. The molecule has 1 aliphatic heterocycles. The molecule has 1 aliphatic carbocycles. The Balaban J connectivity index is 1.75. The average molecular weight is 478 g/mol. The molecule has 1 spiro atoms. The van der Waals surface area contributed by atoms with Gasteiger partial charge in [0.15, 0.2) is 0 Å². The van der Waals surface area contributed by atoms with Crippen molar-refractivity contribution in [3.8, 4) is 0 Å². The molecule has 2 fully saturated rings. The number of carbonyl (C=O) groups is 3. The summed E-state index contributed by atoms with van der Waals surface area (Å²) >= 11 is 3.52. The molecule has 1 aromatic carbocycles. The molecular weight excluding hydrogens is 446 g/mol. The highest BCUT2D eigenvalue weighted by Gasteiger charge is 2.48. The van der Waals surface area contributed by atoms with Gasteiger partial charge in [-0.25, -0.2) is 4.79 Å². The third-order valence-corrected chi connectivity index (χ3v) is 6.78. The fraction of sp³-hybridized carbons (Fsp3) is 0.625. The minimum atomic E-state index is -0.650. The van der Waals surface area contributed by atoms with E-state index in [0.29, 0.717) is 38.8 Å². The molecule has 0 atom stereocenters. The number of benzene rings is 1. The second kappa shape index (κ2) is 8.45. The molecule has 1 amide bonds. The van der Waals surface area contributed by atoms with Gasteiger partial charge in [0.2, 0.25) is 0 Å². The largest absolute Gasteiger partial charge is 0.444 e. The number of ether oxygens (including phenoxy) is 1. The number of ketones is 2. The van der Waals surface area contributed by atoms with E-state index in [4.69, 9.17) is 4.74 Å². The Morgan fingerprint density at radius 2 is 1.73 bits per heavy atom. The molecule has 1 saturated carbocycles. The Morgan fingerprint density at radius 3 is 2.23 bits per heavy atom. The highest BCUT2D eigenvalue weighted by molar-refractivity contribution is 9.10. The number of rotatable bonds is 2. The van der Waals surface area contributed by atoms with E-state index in [9.17, 15) is 14.4 Å². The second-order valence-corrected chi connectivity index (χ2v) is 10.8.